The SMILES string of the molecule is COC1CNCC1Nc1c(C(N)=O)cnn2cc(Br)cc12.I. The second kappa shape index (κ2) is 7.11. The molecule has 0 aromatic carbocycles. The van der Waals surface area contributed by atoms with Crippen LogP contribution < -0.4 is 16.4 Å². The Hall–Kier alpha value is -0.910. The van der Waals surface area contributed by atoms with E-state index in [9.17, 15) is 4.79 Å². The number of nitrogens with two attached hydrogens (primary N) is 1. The van der Waals surface area contributed by atoms with Crippen LogP contribution in [-0.2, 0) is 4.74 Å². The molecule has 1 amide bonds. The van der Waals surface area contributed by atoms with Crippen LogP contribution in [0.25, 0.3) is 5.52 Å². The van der Waals surface area contributed by atoms with Crippen molar-refractivity contribution in [1.82, 2.24) is 14.9 Å². The molecule has 2 atom stereocenters. The summed E-state index contributed by atoms with van der Waals surface area (Å²) in [4.78, 5) is 11.7. The smallest absolute Gasteiger partial charge is 0.252 e. The largest absolute Gasteiger partial charge is 0.378 e. The summed E-state index contributed by atoms with van der Waals surface area (Å²) in [6.07, 6.45) is 3.35. The highest BCUT2D eigenvalue weighted by molar-refractivity contribution is 14.0. The number of rotatable bonds is 4. The second-order valence-corrected chi connectivity index (χ2v) is 5.88. The Bertz CT molecular complexity index is 692. The standard InChI is InChI=1S/C13H16BrN5O2.HI/c1-21-11-5-16-4-9(11)18-12-8(13(15)20)3-17-19-6-7(14)2-10(12)19;/h2-3,6,9,11,16,18H,4-5H2,1H3,(H2,15,20);1H. The molecule has 0 spiro atoms. The van der Waals surface area contributed by atoms with E-state index in [2.05, 4.69) is 31.7 Å². The van der Waals surface area contributed by atoms with Crippen LogP contribution in [0, 0.1) is 0 Å². The average Bonchev–Trinajstić information content (AvgIpc) is 3.03. The lowest BCUT2D eigenvalue weighted by atomic mass is 10.1. The number of nitrogens with zero attached hydrogens (tertiary/aromatic N) is 2. The van der Waals surface area contributed by atoms with E-state index in [1.807, 2.05) is 12.3 Å². The Morgan fingerprint density at radius 2 is 2.36 bits per heavy atom. The lowest BCUT2D eigenvalue weighted by molar-refractivity contribution is 0.0999. The van der Waals surface area contributed by atoms with Crippen LogP contribution in [0.3, 0.4) is 0 Å². The third-order valence-corrected chi connectivity index (χ3v) is 4.09. The number of nitrogens with one attached hydrogen (secondary N) is 2. The highest BCUT2D eigenvalue weighted by Gasteiger charge is 2.28. The van der Waals surface area contributed by atoms with E-state index in [1.165, 1.54) is 6.20 Å². The molecule has 1 saturated heterocycles. The first-order chi connectivity index (χ1) is 10.1. The fourth-order valence-electron chi connectivity index (χ4n) is 2.60. The van der Waals surface area contributed by atoms with Gasteiger partial charge in [0.05, 0.1) is 35.1 Å². The molecule has 2 aromatic heterocycles. The number of primary amides is 1. The molecule has 7 nitrogen and oxygen atoms in total. The minimum atomic E-state index is -0.509. The quantitative estimate of drug-likeness (QED) is 0.571. The van der Waals surface area contributed by atoms with Gasteiger partial charge >= 0.3 is 0 Å². The summed E-state index contributed by atoms with van der Waals surface area (Å²) in [6, 6.07) is 1.96. The molecule has 22 heavy (non-hydrogen) atoms. The van der Waals surface area contributed by atoms with Crippen LogP contribution in [0.2, 0.25) is 0 Å². The van der Waals surface area contributed by atoms with Gasteiger partial charge in [-0.3, -0.25) is 4.79 Å². The summed E-state index contributed by atoms with van der Waals surface area (Å²) in [5.74, 6) is -0.509. The zero-order chi connectivity index (χ0) is 15.0. The first kappa shape index (κ1) is 17.4. The number of methoxy groups -OCH3 is 1. The summed E-state index contributed by atoms with van der Waals surface area (Å²) in [5, 5.41) is 10.8. The van der Waals surface area contributed by atoms with E-state index < -0.39 is 5.91 Å². The van der Waals surface area contributed by atoms with Gasteiger partial charge in [0.25, 0.3) is 5.91 Å². The number of fused-ring (bicyclic) bond motifs is 1. The van der Waals surface area contributed by atoms with Crippen LogP contribution >= 0.6 is 39.9 Å². The third kappa shape index (κ3) is 3.21. The molecule has 2 unspecified atom stereocenters. The lowest BCUT2D eigenvalue weighted by Crippen LogP contribution is -2.34. The molecule has 3 rings (SSSR count). The van der Waals surface area contributed by atoms with Crippen molar-refractivity contribution in [2.75, 3.05) is 25.5 Å². The number of ether oxygens (including phenoxy) is 1. The number of aromatic nitrogens is 2. The first-order valence-electron chi connectivity index (χ1n) is 6.57. The van der Waals surface area contributed by atoms with Crippen molar-refractivity contribution in [2.45, 2.75) is 12.1 Å². The maximum Gasteiger partial charge on any atom is 0.252 e. The van der Waals surface area contributed by atoms with Crippen LogP contribution in [0.15, 0.2) is 22.9 Å². The highest BCUT2D eigenvalue weighted by atomic mass is 127. The molecule has 4 N–H and O–H groups in total. The average molecular weight is 482 g/mol. The van der Waals surface area contributed by atoms with Crippen molar-refractivity contribution in [3.8, 4) is 0 Å². The number of anilines is 1. The summed E-state index contributed by atoms with van der Waals surface area (Å²) in [7, 11) is 1.68. The zero-order valence-corrected chi connectivity index (χ0v) is 15.8. The van der Waals surface area contributed by atoms with Gasteiger partial charge in [0.2, 0.25) is 0 Å². The fraction of sp³-hybridized carbons (Fsp3) is 0.385. The third-order valence-electron chi connectivity index (χ3n) is 3.66. The van der Waals surface area contributed by atoms with Crippen molar-refractivity contribution in [3.05, 3.63) is 28.5 Å². The van der Waals surface area contributed by atoms with Gasteiger partial charge in [0.15, 0.2) is 0 Å². The molecule has 1 fully saturated rings. The number of carbonyl (C=O) groups is 1. The summed E-state index contributed by atoms with van der Waals surface area (Å²) in [6.45, 7) is 1.53. The normalized spacial score (nSPS) is 20.8. The molecule has 0 radical (unpaired) electrons. The summed E-state index contributed by atoms with van der Waals surface area (Å²) < 4.78 is 8.02. The number of carbonyl (C=O) groups excluding carboxylic acids is 1. The number of halogens is 2. The van der Waals surface area contributed by atoms with Gasteiger partial charge in [-0.05, 0) is 22.0 Å². The summed E-state index contributed by atoms with van der Waals surface area (Å²) >= 11 is 3.42. The van der Waals surface area contributed by atoms with E-state index in [-0.39, 0.29) is 36.1 Å². The Labute approximate surface area is 153 Å². The topological polar surface area (TPSA) is 93.7 Å². The summed E-state index contributed by atoms with van der Waals surface area (Å²) in [5.41, 5.74) is 7.31. The molecule has 3 heterocycles. The monoisotopic (exact) mass is 481 g/mol. The first-order valence-corrected chi connectivity index (χ1v) is 7.36. The molecular formula is C13H17BrIN5O2. The highest BCUT2D eigenvalue weighted by Crippen LogP contribution is 2.27. The Morgan fingerprint density at radius 1 is 1.59 bits per heavy atom. The fourth-order valence-corrected chi connectivity index (χ4v) is 3.01. The molecule has 1 aliphatic rings. The maximum absolute atomic E-state index is 11.7. The van der Waals surface area contributed by atoms with E-state index in [0.717, 1.165) is 23.1 Å². The van der Waals surface area contributed by atoms with Gasteiger partial charge in [-0.15, -0.1) is 24.0 Å². The van der Waals surface area contributed by atoms with Gasteiger partial charge in [-0.1, -0.05) is 0 Å². The molecule has 2 aromatic rings. The van der Waals surface area contributed by atoms with E-state index in [1.54, 1.807) is 11.6 Å². The predicted molar refractivity (Wildman–Crippen MR) is 97.9 cm³/mol. The molecule has 1 aliphatic heterocycles. The lowest BCUT2D eigenvalue weighted by Gasteiger charge is -2.21. The van der Waals surface area contributed by atoms with Gasteiger partial charge in [-0.2, -0.15) is 5.10 Å². The molecule has 120 valence electrons. The van der Waals surface area contributed by atoms with E-state index >= 15 is 0 Å². The Kier molecular flexibility index (Phi) is 5.64. The Morgan fingerprint density at radius 3 is 3.05 bits per heavy atom. The van der Waals surface area contributed by atoms with Gasteiger partial charge in [0, 0.05) is 30.9 Å². The van der Waals surface area contributed by atoms with E-state index in [4.69, 9.17) is 10.5 Å². The number of hydrogen-bond donors (Lipinski definition) is 3. The minimum absolute atomic E-state index is 0. The van der Waals surface area contributed by atoms with Crippen LogP contribution in [-0.4, -0.2) is 47.9 Å². The van der Waals surface area contributed by atoms with Crippen molar-refractivity contribution >= 4 is 57.0 Å². The van der Waals surface area contributed by atoms with Crippen LogP contribution in [0.4, 0.5) is 5.69 Å². The van der Waals surface area contributed by atoms with Crippen molar-refractivity contribution < 1.29 is 9.53 Å². The Balaban J connectivity index is 0.00000176. The van der Waals surface area contributed by atoms with Gasteiger partial charge in [-0.25, -0.2) is 4.52 Å². The molecule has 0 bridgehead atoms. The zero-order valence-electron chi connectivity index (χ0n) is 11.9. The van der Waals surface area contributed by atoms with Gasteiger partial charge < -0.3 is 21.1 Å². The van der Waals surface area contributed by atoms with Crippen molar-refractivity contribution in [2.24, 2.45) is 5.73 Å². The number of amides is 1. The second-order valence-electron chi connectivity index (χ2n) is 4.97. The molecule has 0 aliphatic carbocycles. The van der Waals surface area contributed by atoms with Crippen LogP contribution in [0.1, 0.15) is 10.4 Å². The predicted octanol–water partition coefficient (Wildman–Crippen LogP) is 1.21. The van der Waals surface area contributed by atoms with Gasteiger partial charge in [0.1, 0.15) is 0 Å². The molecular weight excluding hydrogens is 465 g/mol. The maximum atomic E-state index is 11.7. The molecule has 0 saturated carbocycles. The minimum Gasteiger partial charge on any atom is -0.378 e. The van der Waals surface area contributed by atoms with E-state index in [0.29, 0.717) is 11.3 Å². The number of hydrogen-bond acceptors (Lipinski definition) is 5. The van der Waals surface area contributed by atoms with Crippen LogP contribution in [0.5, 0.6) is 0 Å². The molecule has 9 heteroatoms. The van der Waals surface area contributed by atoms with Crippen molar-refractivity contribution in [3.63, 3.8) is 0 Å². The van der Waals surface area contributed by atoms with Crippen molar-refractivity contribution in [1.29, 1.82) is 0 Å².